The Kier molecular flexibility index (Phi) is 5.49. The fourth-order valence-corrected chi connectivity index (χ4v) is 3.25. The number of nitrogens with zero attached hydrogens (tertiary/aromatic N) is 2. The summed E-state index contributed by atoms with van der Waals surface area (Å²) in [6, 6.07) is 13.5. The summed E-state index contributed by atoms with van der Waals surface area (Å²) in [6.45, 7) is 7.44. The second kappa shape index (κ2) is 7.79. The van der Waals surface area contributed by atoms with Crippen LogP contribution in [0.4, 0.5) is 5.69 Å². The van der Waals surface area contributed by atoms with Gasteiger partial charge in [-0.05, 0) is 49.2 Å². The Morgan fingerprint density at radius 2 is 1.80 bits per heavy atom. The minimum absolute atomic E-state index is 0.0144. The van der Waals surface area contributed by atoms with Crippen LogP contribution in [0.1, 0.15) is 11.1 Å². The molecule has 25 heavy (non-hydrogen) atoms. The molecule has 4 nitrogen and oxygen atoms in total. The predicted molar refractivity (Wildman–Crippen MR) is 102 cm³/mol. The van der Waals surface area contributed by atoms with Crippen molar-refractivity contribution in [1.29, 1.82) is 0 Å². The lowest BCUT2D eigenvalue weighted by molar-refractivity contribution is -0.133. The second-order valence-corrected chi connectivity index (χ2v) is 6.77. The van der Waals surface area contributed by atoms with Gasteiger partial charge in [-0.2, -0.15) is 0 Å². The molecule has 3 rings (SSSR count). The third kappa shape index (κ3) is 4.26. The number of anilines is 1. The molecule has 2 aromatic rings. The summed E-state index contributed by atoms with van der Waals surface area (Å²) in [7, 11) is 0. The number of amides is 1. The Bertz CT molecular complexity index is 755. The maximum atomic E-state index is 12.4. The van der Waals surface area contributed by atoms with Crippen molar-refractivity contribution < 1.29 is 9.53 Å². The van der Waals surface area contributed by atoms with Gasteiger partial charge in [0, 0.05) is 36.9 Å². The van der Waals surface area contributed by atoms with Crippen LogP contribution in [0.3, 0.4) is 0 Å². The number of piperazine rings is 1. The summed E-state index contributed by atoms with van der Waals surface area (Å²) in [6.07, 6.45) is 0. The Hall–Kier alpha value is -2.20. The van der Waals surface area contributed by atoms with Gasteiger partial charge in [0.1, 0.15) is 5.75 Å². The van der Waals surface area contributed by atoms with E-state index in [4.69, 9.17) is 16.3 Å². The molecular weight excluding hydrogens is 336 g/mol. The molecule has 0 bridgehead atoms. The van der Waals surface area contributed by atoms with Gasteiger partial charge in [0.25, 0.3) is 5.91 Å². The van der Waals surface area contributed by atoms with E-state index in [0.717, 1.165) is 13.1 Å². The van der Waals surface area contributed by atoms with Crippen LogP contribution in [0, 0.1) is 13.8 Å². The van der Waals surface area contributed by atoms with E-state index in [9.17, 15) is 4.79 Å². The van der Waals surface area contributed by atoms with Gasteiger partial charge in [-0.3, -0.25) is 4.79 Å². The van der Waals surface area contributed by atoms with E-state index in [1.807, 2.05) is 11.0 Å². The van der Waals surface area contributed by atoms with Gasteiger partial charge in [-0.1, -0.05) is 29.8 Å². The SMILES string of the molecule is Cc1cccc(N2CCN(C(=O)COc3cccc(Cl)c3)CC2)c1C. The maximum absolute atomic E-state index is 12.4. The number of carbonyl (C=O) groups excluding carboxylic acids is 1. The van der Waals surface area contributed by atoms with Crippen LogP contribution in [0.2, 0.25) is 5.02 Å². The first-order valence-electron chi connectivity index (χ1n) is 8.52. The highest BCUT2D eigenvalue weighted by molar-refractivity contribution is 6.30. The van der Waals surface area contributed by atoms with Crippen LogP contribution in [-0.2, 0) is 4.79 Å². The molecular formula is C20H23ClN2O2. The lowest BCUT2D eigenvalue weighted by Gasteiger charge is -2.37. The van der Waals surface area contributed by atoms with E-state index in [1.165, 1.54) is 16.8 Å². The number of rotatable bonds is 4. The molecule has 1 heterocycles. The summed E-state index contributed by atoms with van der Waals surface area (Å²) in [5.41, 5.74) is 3.87. The zero-order valence-corrected chi connectivity index (χ0v) is 15.4. The number of halogens is 1. The van der Waals surface area contributed by atoms with Crippen LogP contribution < -0.4 is 9.64 Å². The van der Waals surface area contributed by atoms with Crippen molar-refractivity contribution in [2.45, 2.75) is 13.8 Å². The molecule has 2 aromatic carbocycles. The van der Waals surface area contributed by atoms with Gasteiger partial charge in [0.15, 0.2) is 6.61 Å². The molecule has 0 unspecified atom stereocenters. The summed E-state index contributed by atoms with van der Waals surface area (Å²) in [4.78, 5) is 16.6. The summed E-state index contributed by atoms with van der Waals surface area (Å²) < 4.78 is 5.56. The van der Waals surface area contributed by atoms with Crippen LogP contribution >= 0.6 is 11.6 Å². The Labute approximate surface area is 154 Å². The third-order valence-corrected chi connectivity index (χ3v) is 4.94. The van der Waals surface area contributed by atoms with Crippen molar-refractivity contribution >= 4 is 23.2 Å². The van der Waals surface area contributed by atoms with E-state index in [2.05, 4.69) is 36.9 Å². The Morgan fingerprint density at radius 3 is 2.52 bits per heavy atom. The first-order chi connectivity index (χ1) is 12.0. The number of benzene rings is 2. The molecule has 1 amide bonds. The van der Waals surface area contributed by atoms with E-state index < -0.39 is 0 Å². The molecule has 132 valence electrons. The van der Waals surface area contributed by atoms with E-state index in [-0.39, 0.29) is 12.5 Å². The highest BCUT2D eigenvalue weighted by atomic mass is 35.5. The van der Waals surface area contributed by atoms with E-state index >= 15 is 0 Å². The number of carbonyl (C=O) groups is 1. The number of aryl methyl sites for hydroxylation is 1. The Balaban J connectivity index is 1.53. The standard InChI is InChI=1S/C20H23ClN2O2/c1-15-5-3-8-19(16(15)2)22-9-11-23(12-10-22)20(24)14-25-18-7-4-6-17(21)13-18/h3-8,13H,9-12,14H2,1-2H3. The van der Waals surface area contributed by atoms with Crippen molar-refractivity contribution in [3.05, 3.63) is 58.6 Å². The first kappa shape index (κ1) is 17.6. The van der Waals surface area contributed by atoms with Crippen molar-refractivity contribution in [3.8, 4) is 5.75 Å². The van der Waals surface area contributed by atoms with E-state index in [0.29, 0.717) is 23.9 Å². The molecule has 0 aliphatic carbocycles. The zero-order valence-electron chi connectivity index (χ0n) is 14.7. The normalized spacial score (nSPS) is 14.5. The average Bonchev–Trinajstić information content (AvgIpc) is 2.62. The predicted octanol–water partition coefficient (Wildman–Crippen LogP) is 3.68. The van der Waals surface area contributed by atoms with Gasteiger partial charge in [0.05, 0.1) is 0 Å². The smallest absolute Gasteiger partial charge is 0.260 e. The molecule has 1 saturated heterocycles. The monoisotopic (exact) mass is 358 g/mol. The van der Waals surface area contributed by atoms with Crippen molar-refractivity contribution in [1.82, 2.24) is 4.90 Å². The van der Waals surface area contributed by atoms with Crippen LogP contribution in [0.5, 0.6) is 5.75 Å². The van der Waals surface area contributed by atoms with Gasteiger partial charge in [-0.25, -0.2) is 0 Å². The van der Waals surface area contributed by atoms with Gasteiger partial charge < -0.3 is 14.5 Å². The summed E-state index contributed by atoms with van der Waals surface area (Å²) in [5.74, 6) is 0.635. The van der Waals surface area contributed by atoms with E-state index in [1.54, 1.807) is 18.2 Å². The molecule has 0 saturated carbocycles. The highest BCUT2D eigenvalue weighted by Crippen LogP contribution is 2.24. The van der Waals surface area contributed by atoms with Crippen LogP contribution in [-0.4, -0.2) is 43.6 Å². The minimum atomic E-state index is 0.0144. The molecule has 0 radical (unpaired) electrons. The van der Waals surface area contributed by atoms with Crippen molar-refractivity contribution in [2.75, 3.05) is 37.7 Å². The Morgan fingerprint density at radius 1 is 1.08 bits per heavy atom. The third-order valence-electron chi connectivity index (χ3n) is 4.71. The summed E-state index contributed by atoms with van der Waals surface area (Å²) >= 11 is 5.93. The maximum Gasteiger partial charge on any atom is 0.260 e. The number of hydrogen-bond acceptors (Lipinski definition) is 3. The first-order valence-corrected chi connectivity index (χ1v) is 8.89. The molecule has 0 N–H and O–H groups in total. The lowest BCUT2D eigenvalue weighted by atomic mass is 10.1. The molecule has 1 fully saturated rings. The highest BCUT2D eigenvalue weighted by Gasteiger charge is 2.22. The molecule has 1 aliphatic heterocycles. The molecule has 0 atom stereocenters. The van der Waals surface area contributed by atoms with Gasteiger partial charge >= 0.3 is 0 Å². The number of ether oxygens (including phenoxy) is 1. The van der Waals surface area contributed by atoms with Crippen molar-refractivity contribution in [2.24, 2.45) is 0 Å². The molecule has 1 aliphatic rings. The molecule has 5 heteroatoms. The summed E-state index contributed by atoms with van der Waals surface area (Å²) in [5, 5.41) is 0.604. The zero-order chi connectivity index (χ0) is 17.8. The van der Waals surface area contributed by atoms with Crippen molar-refractivity contribution in [3.63, 3.8) is 0 Å². The number of hydrogen-bond donors (Lipinski definition) is 0. The fourth-order valence-electron chi connectivity index (χ4n) is 3.07. The fraction of sp³-hybridized carbons (Fsp3) is 0.350. The average molecular weight is 359 g/mol. The van der Waals surface area contributed by atoms with Crippen LogP contribution in [0.25, 0.3) is 0 Å². The van der Waals surface area contributed by atoms with Gasteiger partial charge in [-0.15, -0.1) is 0 Å². The van der Waals surface area contributed by atoms with Gasteiger partial charge in [0.2, 0.25) is 0 Å². The molecule has 0 aromatic heterocycles. The van der Waals surface area contributed by atoms with Crippen LogP contribution in [0.15, 0.2) is 42.5 Å². The minimum Gasteiger partial charge on any atom is -0.484 e. The lowest BCUT2D eigenvalue weighted by Crippen LogP contribution is -2.50. The largest absolute Gasteiger partial charge is 0.484 e. The quantitative estimate of drug-likeness (QED) is 0.835. The molecule has 0 spiro atoms. The second-order valence-electron chi connectivity index (χ2n) is 6.33. The topological polar surface area (TPSA) is 32.8 Å².